The first kappa shape index (κ1) is 12.8. The average molecular weight is 220 g/mol. The molecule has 6 nitrogen and oxygen atoms in total. The lowest BCUT2D eigenvalue weighted by Crippen LogP contribution is -2.06. The summed E-state index contributed by atoms with van der Waals surface area (Å²) in [6, 6.07) is 7.90. The molecule has 14 heavy (non-hydrogen) atoms. The van der Waals surface area contributed by atoms with Gasteiger partial charge in [0.15, 0.2) is 0 Å². The number of benzene rings is 1. The van der Waals surface area contributed by atoms with Gasteiger partial charge in [0, 0.05) is 5.69 Å². The highest BCUT2D eigenvalue weighted by Crippen LogP contribution is 2.06. The summed E-state index contributed by atoms with van der Waals surface area (Å²) in [6.07, 6.45) is 0. The second-order valence-electron chi connectivity index (χ2n) is 2.46. The van der Waals surface area contributed by atoms with Crippen LogP contribution in [0.15, 0.2) is 24.3 Å². The van der Waals surface area contributed by atoms with Gasteiger partial charge in [-0.2, -0.15) is 8.42 Å². The Morgan fingerprint density at radius 3 is 2.14 bits per heavy atom. The van der Waals surface area contributed by atoms with E-state index in [9.17, 15) is 0 Å². The van der Waals surface area contributed by atoms with Crippen molar-refractivity contribution < 1.29 is 17.5 Å². The molecule has 0 fully saturated rings. The molecule has 1 aromatic rings. The van der Waals surface area contributed by atoms with Crippen molar-refractivity contribution in [1.82, 2.24) is 0 Å². The minimum Gasteiger partial charge on any atom is -0.324 e. The molecular weight excluding hydrogens is 208 g/mol. The molecule has 0 atom stereocenters. The standard InChI is InChI=1S/C7H10N2.H2O4S/c1-6-3-2-4-7(5-6)9-8;1-5(2,3)4/h2-5,9H,8H2,1H3;(H2,1,2,3,4). The van der Waals surface area contributed by atoms with Crippen LogP contribution >= 0.6 is 0 Å². The van der Waals surface area contributed by atoms with Crippen LogP contribution in [0.2, 0.25) is 0 Å². The number of nitrogens with one attached hydrogen (secondary N) is 1. The molecular formula is C7H12N2O4S. The van der Waals surface area contributed by atoms with Crippen molar-refractivity contribution in [3.8, 4) is 0 Å². The van der Waals surface area contributed by atoms with Crippen molar-refractivity contribution in [2.75, 3.05) is 5.43 Å². The van der Waals surface area contributed by atoms with Crippen molar-refractivity contribution in [2.24, 2.45) is 5.84 Å². The van der Waals surface area contributed by atoms with E-state index >= 15 is 0 Å². The maximum absolute atomic E-state index is 8.74. The van der Waals surface area contributed by atoms with E-state index in [1.807, 2.05) is 31.2 Å². The van der Waals surface area contributed by atoms with Crippen molar-refractivity contribution in [2.45, 2.75) is 6.92 Å². The number of hydrogen-bond donors (Lipinski definition) is 4. The van der Waals surface area contributed by atoms with E-state index in [2.05, 4.69) is 5.43 Å². The minimum atomic E-state index is -4.67. The Morgan fingerprint density at radius 2 is 1.86 bits per heavy atom. The van der Waals surface area contributed by atoms with Gasteiger partial charge in [-0.25, -0.2) is 0 Å². The normalized spacial score (nSPS) is 10.0. The van der Waals surface area contributed by atoms with Crippen molar-refractivity contribution in [3.05, 3.63) is 29.8 Å². The van der Waals surface area contributed by atoms with Gasteiger partial charge >= 0.3 is 10.4 Å². The van der Waals surface area contributed by atoms with E-state index in [4.69, 9.17) is 23.4 Å². The molecule has 0 aliphatic carbocycles. The minimum absolute atomic E-state index is 0.954. The van der Waals surface area contributed by atoms with Gasteiger partial charge in [0.05, 0.1) is 0 Å². The third-order valence-electron chi connectivity index (χ3n) is 1.18. The molecule has 0 amide bonds. The van der Waals surface area contributed by atoms with Gasteiger partial charge < -0.3 is 5.43 Å². The summed E-state index contributed by atoms with van der Waals surface area (Å²) in [5.74, 6) is 5.17. The van der Waals surface area contributed by atoms with Crippen LogP contribution in [0.25, 0.3) is 0 Å². The first-order valence-electron chi connectivity index (χ1n) is 3.56. The Bertz CT molecular complexity index is 369. The molecule has 0 radical (unpaired) electrons. The zero-order valence-corrected chi connectivity index (χ0v) is 8.32. The molecule has 1 rings (SSSR count). The smallest absolute Gasteiger partial charge is 0.324 e. The topological polar surface area (TPSA) is 113 Å². The molecule has 0 saturated carbocycles. The molecule has 0 saturated heterocycles. The number of anilines is 1. The Labute approximate surface area is 82.3 Å². The zero-order valence-electron chi connectivity index (χ0n) is 7.51. The molecule has 0 aliphatic heterocycles. The monoisotopic (exact) mass is 220 g/mol. The fraction of sp³-hybridized carbons (Fsp3) is 0.143. The van der Waals surface area contributed by atoms with Crippen LogP contribution in [-0.2, 0) is 10.4 Å². The Kier molecular flexibility index (Phi) is 5.10. The quantitative estimate of drug-likeness (QED) is 0.313. The zero-order chi connectivity index (χ0) is 11.2. The van der Waals surface area contributed by atoms with Crippen LogP contribution in [0.3, 0.4) is 0 Å². The predicted molar refractivity (Wildman–Crippen MR) is 53.2 cm³/mol. The summed E-state index contributed by atoms with van der Waals surface area (Å²) in [5.41, 5.74) is 4.73. The summed E-state index contributed by atoms with van der Waals surface area (Å²) in [5, 5.41) is 0. The van der Waals surface area contributed by atoms with Crippen LogP contribution in [0.1, 0.15) is 5.56 Å². The maximum Gasteiger partial charge on any atom is 0.394 e. The molecule has 80 valence electrons. The lowest BCUT2D eigenvalue weighted by Gasteiger charge is -1.98. The summed E-state index contributed by atoms with van der Waals surface area (Å²) in [6.45, 7) is 2.03. The van der Waals surface area contributed by atoms with Gasteiger partial charge in [-0.05, 0) is 24.6 Å². The predicted octanol–water partition coefficient (Wildman–Crippen LogP) is 0.628. The molecule has 0 spiro atoms. The molecule has 0 heterocycles. The second-order valence-corrected chi connectivity index (χ2v) is 3.36. The van der Waals surface area contributed by atoms with E-state index in [0.717, 1.165) is 5.69 Å². The molecule has 5 N–H and O–H groups in total. The van der Waals surface area contributed by atoms with Crippen LogP contribution in [0.5, 0.6) is 0 Å². The Hall–Kier alpha value is -1.15. The summed E-state index contributed by atoms with van der Waals surface area (Å²) in [7, 11) is -4.67. The number of nitrogens with two attached hydrogens (primary N) is 1. The SMILES string of the molecule is Cc1cccc(NN)c1.O=S(=O)(O)O. The molecule has 0 aliphatic rings. The average Bonchev–Trinajstić information content (AvgIpc) is 2.01. The van der Waals surface area contributed by atoms with Gasteiger partial charge in [0.2, 0.25) is 0 Å². The highest BCUT2D eigenvalue weighted by Gasteiger charge is 1.85. The number of rotatable bonds is 1. The molecule has 0 aromatic heterocycles. The summed E-state index contributed by atoms with van der Waals surface area (Å²) < 4.78 is 31.6. The van der Waals surface area contributed by atoms with Crippen LogP contribution in [-0.4, -0.2) is 17.5 Å². The maximum atomic E-state index is 8.74. The van der Waals surface area contributed by atoms with E-state index in [-0.39, 0.29) is 0 Å². The lowest BCUT2D eigenvalue weighted by molar-refractivity contribution is 0.381. The fourth-order valence-electron chi connectivity index (χ4n) is 0.735. The van der Waals surface area contributed by atoms with Gasteiger partial charge in [-0.15, -0.1) is 0 Å². The fourth-order valence-corrected chi connectivity index (χ4v) is 0.735. The van der Waals surface area contributed by atoms with Crippen LogP contribution in [0, 0.1) is 6.92 Å². The molecule has 0 bridgehead atoms. The summed E-state index contributed by atoms with van der Waals surface area (Å²) in [4.78, 5) is 0. The molecule has 1 aromatic carbocycles. The van der Waals surface area contributed by atoms with Crippen LogP contribution in [0.4, 0.5) is 5.69 Å². The largest absolute Gasteiger partial charge is 0.394 e. The van der Waals surface area contributed by atoms with E-state index in [1.165, 1.54) is 5.56 Å². The molecule has 0 unspecified atom stereocenters. The highest BCUT2D eigenvalue weighted by atomic mass is 32.3. The van der Waals surface area contributed by atoms with Gasteiger partial charge in [0.25, 0.3) is 0 Å². The lowest BCUT2D eigenvalue weighted by atomic mass is 10.2. The van der Waals surface area contributed by atoms with Crippen LogP contribution < -0.4 is 11.3 Å². The highest BCUT2D eigenvalue weighted by molar-refractivity contribution is 7.79. The second kappa shape index (κ2) is 5.55. The van der Waals surface area contributed by atoms with E-state index < -0.39 is 10.4 Å². The first-order chi connectivity index (χ1) is 6.33. The number of hydrazine groups is 1. The Balaban J connectivity index is 0.000000292. The van der Waals surface area contributed by atoms with E-state index in [0.29, 0.717) is 0 Å². The number of aryl methyl sites for hydroxylation is 1. The third-order valence-corrected chi connectivity index (χ3v) is 1.18. The van der Waals surface area contributed by atoms with Gasteiger partial charge in [-0.3, -0.25) is 14.9 Å². The first-order valence-corrected chi connectivity index (χ1v) is 4.96. The van der Waals surface area contributed by atoms with Gasteiger partial charge in [-0.1, -0.05) is 12.1 Å². The summed E-state index contributed by atoms with van der Waals surface area (Å²) >= 11 is 0. The van der Waals surface area contributed by atoms with Crippen molar-refractivity contribution in [1.29, 1.82) is 0 Å². The van der Waals surface area contributed by atoms with Gasteiger partial charge in [0.1, 0.15) is 0 Å². The number of nitrogen functional groups attached to an aromatic ring is 1. The van der Waals surface area contributed by atoms with Crippen molar-refractivity contribution >= 4 is 16.1 Å². The van der Waals surface area contributed by atoms with Crippen molar-refractivity contribution in [3.63, 3.8) is 0 Å². The number of hydrogen-bond acceptors (Lipinski definition) is 4. The molecule has 7 heteroatoms. The third kappa shape index (κ3) is 8.94. The van der Waals surface area contributed by atoms with E-state index in [1.54, 1.807) is 0 Å². The Morgan fingerprint density at radius 1 is 1.36 bits per heavy atom.